The van der Waals surface area contributed by atoms with Crippen molar-refractivity contribution in [1.29, 1.82) is 0 Å². The summed E-state index contributed by atoms with van der Waals surface area (Å²) in [5.74, 6) is 0. The van der Waals surface area contributed by atoms with E-state index in [9.17, 15) is 0 Å². The molecule has 0 aliphatic carbocycles. The number of carboxylic acid groups (broad SMARTS) is 2. The van der Waals surface area contributed by atoms with E-state index in [1.165, 1.54) is 0 Å². The van der Waals surface area contributed by atoms with E-state index >= 15 is 0 Å². The van der Waals surface area contributed by atoms with Crippen LogP contribution in [0.4, 0.5) is 4.79 Å². The topological polar surface area (TPSA) is 63.2 Å². The summed E-state index contributed by atoms with van der Waals surface area (Å²) >= 11 is 0. The van der Waals surface area contributed by atoms with Crippen LogP contribution in [0.2, 0.25) is 0 Å². The summed E-state index contributed by atoms with van der Waals surface area (Å²) in [6, 6.07) is 0. The number of hydrogen-bond acceptors (Lipinski definition) is 3. The van der Waals surface area contributed by atoms with E-state index < -0.39 is 6.16 Å². The molecule has 0 aromatic heterocycles. The molecule has 0 heterocycles. The van der Waals surface area contributed by atoms with Gasteiger partial charge in [0.25, 0.3) is 0 Å². The van der Waals surface area contributed by atoms with E-state index in [0.717, 1.165) is 0 Å². The van der Waals surface area contributed by atoms with Crippen molar-refractivity contribution < 1.29 is 15.0 Å². The predicted molar refractivity (Wildman–Crippen MR) is 16.9 cm³/mol. The summed E-state index contributed by atoms with van der Waals surface area (Å²) in [5, 5.41) is 16.7. The van der Waals surface area contributed by atoms with Gasteiger partial charge in [-0.2, -0.15) is 0 Å². The molecule has 0 rings (SSSR count). The van der Waals surface area contributed by atoms with Gasteiger partial charge in [-0.1, -0.05) is 0 Å². The molecule has 0 N–H and O–H groups in total. The first kappa shape index (κ1) is 15.7. The van der Waals surface area contributed by atoms with E-state index in [1.54, 1.807) is 0 Å². The van der Waals surface area contributed by atoms with Gasteiger partial charge in [0.05, 0.1) is 0 Å². The van der Waals surface area contributed by atoms with Crippen molar-refractivity contribution in [2.45, 2.75) is 0 Å². The van der Waals surface area contributed by atoms with Crippen LogP contribution < -0.4 is 10.2 Å². The van der Waals surface area contributed by atoms with Crippen molar-refractivity contribution in [1.82, 2.24) is 0 Å². The quantitative estimate of drug-likeness (QED) is 0.333. The molecule has 0 saturated heterocycles. The SMILES string of the molecule is O=C([O-])[O-].[Ca+2].[Ca+2]. The Bertz CT molecular complexity index is 31.8. The Hall–Kier alpha value is 1.79. The van der Waals surface area contributed by atoms with Gasteiger partial charge in [0.2, 0.25) is 0 Å². The molecule has 0 unspecified atom stereocenters. The Labute approximate surface area is 94.7 Å². The number of carbonyl (C=O) groups excluding carboxylic acids is 1. The summed E-state index contributed by atoms with van der Waals surface area (Å²) in [7, 11) is 0. The maximum atomic E-state index is 8.33. The first-order chi connectivity index (χ1) is 1.73. The minimum Gasteiger partial charge on any atom is -0.652 e. The molecule has 0 amide bonds. The van der Waals surface area contributed by atoms with Crippen molar-refractivity contribution in [2.24, 2.45) is 0 Å². The van der Waals surface area contributed by atoms with Crippen LogP contribution in [0, 0.1) is 0 Å². The second kappa shape index (κ2) is 9.92. The molecule has 0 bridgehead atoms. The average molecular weight is 140 g/mol. The monoisotopic (exact) mass is 140 g/mol. The first-order valence-electron chi connectivity index (χ1n) is 0.612. The van der Waals surface area contributed by atoms with Crippen LogP contribution in [0.5, 0.6) is 0 Å². The molecule has 0 fully saturated rings. The minimum atomic E-state index is -2.33. The second-order valence-corrected chi connectivity index (χ2v) is 0.250. The van der Waals surface area contributed by atoms with Crippen LogP contribution in [0.15, 0.2) is 0 Å². The molecule has 6 heavy (non-hydrogen) atoms. The average Bonchev–Trinajstić information content (AvgIpc) is 0.811. The molecular weight excluding hydrogens is 140 g/mol. The molecule has 0 radical (unpaired) electrons. The van der Waals surface area contributed by atoms with E-state index in [-0.39, 0.29) is 75.5 Å². The molecular formula is CCa2O3+2. The van der Waals surface area contributed by atoms with Crippen molar-refractivity contribution in [2.75, 3.05) is 0 Å². The zero-order valence-electron chi connectivity index (χ0n) is 3.14. The molecule has 0 aliphatic rings. The molecule has 24 valence electrons. The number of hydrogen-bond donors (Lipinski definition) is 0. The van der Waals surface area contributed by atoms with Crippen molar-refractivity contribution >= 4 is 81.6 Å². The van der Waals surface area contributed by atoms with Crippen LogP contribution in [0.3, 0.4) is 0 Å². The predicted octanol–water partition coefficient (Wildman–Crippen LogP) is -3.21. The van der Waals surface area contributed by atoms with Crippen LogP contribution in [0.1, 0.15) is 0 Å². The van der Waals surface area contributed by atoms with Gasteiger partial charge >= 0.3 is 75.5 Å². The van der Waals surface area contributed by atoms with Crippen LogP contribution in [-0.4, -0.2) is 81.6 Å². The standard InChI is InChI=1S/CH2O3.2Ca/c2-1(3)4;;/h(H2,2,3,4);;/q;2*+2/p-2. The Balaban J connectivity index is -0.0000000450. The fourth-order valence-electron chi connectivity index (χ4n) is 0. The molecule has 0 aromatic rings. The molecule has 0 spiro atoms. The van der Waals surface area contributed by atoms with Gasteiger partial charge < -0.3 is 15.0 Å². The number of rotatable bonds is 0. The zero-order valence-corrected chi connectivity index (χ0v) is 7.56. The fraction of sp³-hybridized carbons (Fsp3) is 0. The van der Waals surface area contributed by atoms with E-state index in [4.69, 9.17) is 15.0 Å². The fourth-order valence-corrected chi connectivity index (χ4v) is 0. The Morgan fingerprint density at radius 1 is 1.17 bits per heavy atom. The Kier molecular flexibility index (Phi) is 25.9. The van der Waals surface area contributed by atoms with Gasteiger partial charge in [0, 0.05) is 0 Å². The summed E-state index contributed by atoms with van der Waals surface area (Å²) in [5.41, 5.74) is 0. The summed E-state index contributed by atoms with van der Waals surface area (Å²) < 4.78 is 0. The minimum absolute atomic E-state index is 0. The largest absolute Gasteiger partial charge is 2.00 e. The van der Waals surface area contributed by atoms with E-state index in [0.29, 0.717) is 0 Å². The van der Waals surface area contributed by atoms with Crippen LogP contribution in [-0.2, 0) is 0 Å². The molecule has 0 saturated carbocycles. The van der Waals surface area contributed by atoms with Crippen molar-refractivity contribution in [3.05, 3.63) is 0 Å². The van der Waals surface area contributed by atoms with Gasteiger partial charge in [-0.15, -0.1) is 0 Å². The molecule has 0 aromatic carbocycles. The summed E-state index contributed by atoms with van der Waals surface area (Å²) in [4.78, 5) is 8.33. The third-order valence-electron chi connectivity index (χ3n) is 0. The van der Waals surface area contributed by atoms with Crippen molar-refractivity contribution in [3.8, 4) is 0 Å². The van der Waals surface area contributed by atoms with E-state index in [2.05, 4.69) is 0 Å². The van der Waals surface area contributed by atoms with Crippen LogP contribution in [0.25, 0.3) is 0 Å². The van der Waals surface area contributed by atoms with Gasteiger partial charge in [0.15, 0.2) is 0 Å². The first-order valence-corrected chi connectivity index (χ1v) is 0.612. The third kappa shape index (κ3) is 41.5. The van der Waals surface area contributed by atoms with E-state index in [1.807, 2.05) is 0 Å². The van der Waals surface area contributed by atoms with Gasteiger partial charge in [0.1, 0.15) is 0 Å². The van der Waals surface area contributed by atoms with Crippen molar-refractivity contribution in [3.63, 3.8) is 0 Å². The third-order valence-corrected chi connectivity index (χ3v) is 0. The van der Waals surface area contributed by atoms with Gasteiger partial charge in [-0.3, -0.25) is 0 Å². The second-order valence-electron chi connectivity index (χ2n) is 0.250. The maximum Gasteiger partial charge on any atom is 2.00 e. The number of carbonyl (C=O) groups is 1. The van der Waals surface area contributed by atoms with Gasteiger partial charge in [-0.25, -0.2) is 0 Å². The smallest absolute Gasteiger partial charge is 0.652 e. The Morgan fingerprint density at radius 2 is 1.17 bits per heavy atom. The van der Waals surface area contributed by atoms with Crippen LogP contribution >= 0.6 is 0 Å². The molecule has 0 atom stereocenters. The summed E-state index contributed by atoms with van der Waals surface area (Å²) in [6.07, 6.45) is -2.33. The normalized spacial score (nSPS) is 4.00. The molecule has 5 heteroatoms. The summed E-state index contributed by atoms with van der Waals surface area (Å²) in [6.45, 7) is 0. The maximum absolute atomic E-state index is 8.33. The Morgan fingerprint density at radius 3 is 1.17 bits per heavy atom. The molecule has 3 nitrogen and oxygen atoms in total. The van der Waals surface area contributed by atoms with Gasteiger partial charge in [-0.05, 0) is 6.16 Å². The molecule has 0 aliphatic heterocycles. The zero-order chi connectivity index (χ0) is 3.58.